The minimum atomic E-state index is -1.85. The number of fused-ring (bicyclic) bond motifs is 9. The molecule has 4 aromatic carbocycles. The first kappa shape index (κ1) is 34.2. The van der Waals surface area contributed by atoms with Crippen molar-refractivity contribution in [2.45, 2.75) is 116 Å². The molecular formula is C44H52O2Si2. The van der Waals surface area contributed by atoms with Gasteiger partial charge in [-0.1, -0.05) is 119 Å². The monoisotopic (exact) mass is 668 g/mol. The molecule has 0 aliphatic carbocycles. The molecule has 0 saturated carbocycles. The van der Waals surface area contributed by atoms with Crippen LogP contribution in [0.2, 0.25) is 33.2 Å². The fourth-order valence-corrected chi connectivity index (χ4v) is 19.8. The normalized spacial score (nSPS) is 13.0. The third-order valence-electron chi connectivity index (χ3n) is 11.7. The highest BCUT2D eigenvalue weighted by Gasteiger charge is 2.42. The molecule has 2 aromatic heterocycles. The Kier molecular flexibility index (Phi) is 8.99. The molecule has 6 rings (SSSR count). The van der Waals surface area contributed by atoms with Crippen LogP contribution in [0.5, 0.6) is 0 Å². The molecule has 0 bridgehead atoms. The molecule has 0 radical (unpaired) electrons. The summed E-state index contributed by atoms with van der Waals surface area (Å²) in [5.41, 5.74) is 13.0. The molecule has 6 aromatic rings. The lowest BCUT2D eigenvalue weighted by atomic mass is 9.95. The summed E-state index contributed by atoms with van der Waals surface area (Å²) in [7, 11) is -3.71. The van der Waals surface area contributed by atoms with Crippen LogP contribution in [0.3, 0.4) is 0 Å². The highest BCUT2D eigenvalue weighted by molar-refractivity contribution is 6.91. The molecule has 0 saturated heterocycles. The fourth-order valence-electron chi connectivity index (χ4n) is 9.41. The van der Waals surface area contributed by atoms with Crippen LogP contribution in [0.4, 0.5) is 0 Å². The molecule has 248 valence electrons. The molecule has 0 atom stereocenters. The molecule has 4 heteroatoms. The van der Waals surface area contributed by atoms with Gasteiger partial charge in [-0.3, -0.25) is 0 Å². The summed E-state index contributed by atoms with van der Waals surface area (Å²) >= 11 is 0. The van der Waals surface area contributed by atoms with Crippen LogP contribution in [0.25, 0.3) is 54.3 Å². The molecule has 0 aliphatic rings. The van der Waals surface area contributed by atoms with E-state index in [1.165, 1.54) is 32.3 Å². The van der Waals surface area contributed by atoms with Crippen molar-refractivity contribution in [3.8, 4) is 22.9 Å². The van der Waals surface area contributed by atoms with Gasteiger partial charge in [-0.15, -0.1) is 11.1 Å². The Morgan fingerprint density at radius 1 is 0.375 bits per heavy atom. The molecule has 0 unspecified atom stereocenters. The average molecular weight is 669 g/mol. The first-order valence-electron chi connectivity index (χ1n) is 18.0. The maximum Gasteiger partial charge on any atom is 0.177 e. The molecule has 0 aliphatic heterocycles. The maximum atomic E-state index is 6.35. The maximum absolute atomic E-state index is 6.35. The third kappa shape index (κ3) is 5.33. The van der Waals surface area contributed by atoms with Gasteiger partial charge in [-0.25, -0.2) is 0 Å². The predicted octanol–water partition coefficient (Wildman–Crippen LogP) is 13.8. The van der Waals surface area contributed by atoms with Crippen molar-refractivity contribution in [1.29, 1.82) is 0 Å². The minimum absolute atomic E-state index is 0.583. The van der Waals surface area contributed by atoms with E-state index >= 15 is 0 Å². The lowest BCUT2D eigenvalue weighted by Crippen LogP contribution is -2.43. The minimum Gasteiger partial charge on any atom is -0.448 e. The van der Waals surface area contributed by atoms with Gasteiger partial charge in [0.15, 0.2) is 11.5 Å². The highest BCUT2D eigenvalue weighted by atomic mass is 28.3. The zero-order chi connectivity index (χ0) is 34.7. The SMILES string of the molecule is CC(C)[Si](C#Cc1cc2c(ccc3c2ccc2c4ccc5oc(C#C[Si](C(C)C)(C(C)C)C(C)C)cc5c4ccc32)o1)(C(C)C)C(C)C. The second-order valence-corrected chi connectivity index (χ2v) is 27.0. The zero-order valence-corrected chi connectivity index (χ0v) is 33.1. The van der Waals surface area contributed by atoms with Crippen molar-refractivity contribution in [1.82, 2.24) is 0 Å². The summed E-state index contributed by atoms with van der Waals surface area (Å²) in [6, 6.07) is 22.0. The van der Waals surface area contributed by atoms with Gasteiger partial charge in [0.25, 0.3) is 0 Å². The van der Waals surface area contributed by atoms with Crippen LogP contribution in [0, 0.1) is 22.9 Å². The van der Waals surface area contributed by atoms with Crippen molar-refractivity contribution in [3.05, 3.63) is 72.2 Å². The van der Waals surface area contributed by atoms with E-state index in [4.69, 9.17) is 8.83 Å². The van der Waals surface area contributed by atoms with E-state index in [1.807, 2.05) is 0 Å². The topological polar surface area (TPSA) is 26.3 Å². The van der Waals surface area contributed by atoms with Gasteiger partial charge in [0.2, 0.25) is 0 Å². The van der Waals surface area contributed by atoms with Gasteiger partial charge in [-0.05, 0) is 89.5 Å². The Balaban J connectivity index is 1.45. The van der Waals surface area contributed by atoms with Gasteiger partial charge >= 0.3 is 0 Å². The molecule has 0 spiro atoms. The zero-order valence-electron chi connectivity index (χ0n) is 31.1. The van der Waals surface area contributed by atoms with Crippen molar-refractivity contribution in [3.63, 3.8) is 0 Å². The summed E-state index contributed by atoms with van der Waals surface area (Å²) in [6.07, 6.45) is 0. The van der Waals surface area contributed by atoms with Crippen LogP contribution in [0.15, 0.2) is 69.5 Å². The van der Waals surface area contributed by atoms with Crippen LogP contribution >= 0.6 is 0 Å². The summed E-state index contributed by atoms with van der Waals surface area (Å²) < 4.78 is 12.7. The van der Waals surface area contributed by atoms with Gasteiger partial charge in [0.05, 0.1) is 0 Å². The third-order valence-corrected chi connectivity index (χ3v) is 24.3. The van der Waals surface area contributed by atoms with Gasteiger partial charge in [0.1, 0.15) is 27.3 Å². The summed E-state index contributed by atoms with van der Waals surface area (Å²) in [4.78, 5) is 0. The summed E-state index contributed by atoms with van der Waals surface area (Å²) in [5.74, 6) is 8.59. The molecule has 2 heterocycles. The largest absolute Gasteiger partial charge is 0.448 e. The summed E-state index contributed by atoms with van der Waals surface area (Å²) in [5, 5.41) is 9.60. The second kappa shape index (κ2) is 12.6. The predicted molar refractivity (Wildman–Crippen MR) is 214 cm³/mol. The van der Waals surface area contributed by atoms with Gasteiger partial charge in [-0.2, -0.15) is 0 Å². The number of hydrogen-bond donors (Lipinski definition) is 0. The molecule has 0 N–H and O–H groups in total. The van der Waals surface area contributed by atoms with E-state index in [0.29, 0.717) is 33.2 Å². The number of benzene rings is 4. The van der Waals surface area contributed by atoms with Crippen molar-refractivity contribution < 1.29 is 8.83 Å². The van der Waals surface area contributed by atoms with E-state index in [-0.39, 0.29) is 0 Å². The number of rotatable bonds is 6. The fraction of sp³-hybridized carbons (Fsp3) is 0.409. The van der Waals surface area contributed by atoms with Crippen molar-refractivity contribution >= 4 is 70.4 Å². The summed E-state index contributed by atoms with van der Waals surface area (Å²) in [6.45, 7) is 28.2. The second-order valence-electron chi connectivity index (χ2n) is 15.9. The number of furan rings is 2. The lowest BCUT2D eigenvalue weighted by molar-refractivity contribution is 0.601. The number of hydrogen-bond acceptors (Lipinski definition) is 2. The van der Waals surface area contributed by atoms with E-state index in [1.54, 1.807) is 0 Å². The molecular weight excluding hydrogens is 617 g/mol. The van der Waals surface area contributed by atoms with Crippen LogP contribution in [-0.4, -0.2) is 16.1 Å². The average Bonchev–Trinajstić information content (AvgIpc) is 3.64. The van der Waals surface area contributed by atoms with Crippen molar-refractivity contribution in [2.24, 2.45) is 0 Å². The first-order valence-corrected chi connectivity index (χ1v) is 22.5. The van der Waals surface area contributed by atoms with Crippen molar-refractivity contribution in [2.75, 3.05) is 0 Å². The first-order chi connectivity index (χ1) is 22.7. The Bertz CT molecular complexity index is 2080. The van der Waals surface area contributed by atoms with E-state index in [9.17, 15) is 0 Å². The van der Waals surface area contributed by atoms with E-state index in [0.717, 1.165) is 33.5 Å². The Hall–Kier alpha value is -3.71. The Labute approximate surface area is 289 Å². The Morgan fingerprint density at radius 3 is 0.896 bits per heavy atom. The van der Waals surface area contributed by atoms with Crippen LogP contribution < -0.4 is 0 Å². The standard InChI is InChI=1S/C44H52O2Si2/c1-27(2)47(28(3)4,29(5)6)23-21-33-25-41-39-15-13-36-35(37(39)17-19-43(41)45-33)14-16-40-38(36)18-20-44-42(40)26-34(46-44)22-24-48(30(7)8,31(9)10)32(11)12/h13-20,25-32H,1-12H3. The van der Waals surface area contributed by atoms with Gasteiger partial charge in [0, 0.05) is 22.9 Å². The van der Waals surface area contributed by atoms with E-state index in [2.05, 4.69) is 167 Å². The molecule has 0 amide bonds. The Morgan fingerprint density at radius 2 is 0.625 bits per heavy atom. The molecule has 48 heavy (non-hydrogen) atoms. The van der Waals surface area contributed by atoms with Crippen LogP contribution in [0.1, 0.15) is 94.6 Å². The highest BCUT2D eigenvalue weighted by Crippen LogP contribution is 2.43. The quantitative estimate of drug-likeness (QED) is 0.100. The molecule has 0 fully saturated rings. The van der Waals surface area contributed by atoms with Gasteiger partial charge < -0.3 is 8.83 Å². The van der Waals surface area contributed by atoms with Crippen LogP contribution in [-0.2, 0) is 0 Å². The smallest absolute Gasteiger partial charge is 0.177 e. The molecule has 2 nitrogen and oxygen atoms in total. The lowest BCUT2D eigenvalue weighted by Gasteiger charge is -2.37. The van der Waals surface area contributed by atoms with E-state index < -0.39 is 16.1 Å².